The topological polar surface area (TPSA) is 25.8 Å². The van der Waals surface area contributed by atoms with E-state index in [1.54, 1.807) is 0 Å². The summed E-state index contributed by atoms with van der Waals surface area (Å²) in [7, 11) is 0. The fraction of sp³-hybridized carbons (Fsp3) is 0.455. The van der Waals surface area contributed by atoms with E-state index in [0.717, 1.165) is 17.7 Å². The lowest BCUT2D eigenvalue weighted by Gasteiger charge is -2.04. The van der Waals surface area contributed by atoms with Crippen molar-refractivity contribution in [1.29, 1.82) is 0 Å². The highest BCUT2D eigenvalue weighted by Gasteiger charge is 2.07. The largest absolute Gasteiger partial charge is 0.225 e. The fourth-order valence-corrected chi connectivity index (χ4v) is 1.42. The zero-order valence-corrected chi connectivity index (χ0v) is 11.0. The molecule has 0 radical (unpaired) electrons. The summed E-state index contributed by atoms with van der Waals surface area (Å²) in [6, 6.07) is 0. The van der Waals surface area contributed by atoms with Crippen molar-refractivity contribution in [3.63, 3.8) is 0 Å². The van der Waals surface area contributed by atoms with Crippen LogP contribution in [0.3, 0.4) is 0 Å². The van der Waals surface area contributed by atoms with Gasteiger partial charge in [0.25, 0.3) is 0 Å². The summed E-state index contributed by atoms with van der Waals surface area (Å²) >= 11 is 11.6. The van der Waals surface area contributed by atoms with Crippen LogP contribution in [0, 0.1) is 0 Å². The van der Waals surface area contributed by atoms with Gasteiger partial charge < -0.3 is 0 Å². The van der Waals surface area contributed by atoms with E-state index in [0.29, 0.717) is 5.02 Å². The van der Waals surface area contributed by atoms with Crippen molar-refractivity contribution in [2.75, 3.05) is 0 Å². The molecule has 0 atom stereocenters. The zero-order valence-electron chi connectivity index (χ0n) is 9.51. The molecule has 1 rings (SSSR count). The van der Waals surface area contributed by atoms with E-state index in [-0.39, 0.29) is 5.28 Å². The SMILES string of the molecule is C/C=C(\CC)c1nc(Cl)ncc1Cl.CC. The van der Waals surface area contributed by atoms with E-state index < -0.39 is 0 Å². The van der Waals surface area contributed by atoms with Gasteiger partial charge in [0.05, 0.1) is 16.9 Å². The van der Waals surface area contributed by atoms with Gasteiger partial charge in [0.15, 0.2) is 0 Å². The molecule has 1 heterocycles. The van der Waals surface area contributed by atoms with E-state index in [1.807, 2.05) is 33.8 Å². The maximum atomic E-state index is 5.92. The molecule has 0 N–H and O–H groups in total. The summed E-state index contributed by atoms with van der Waals surface area (Å²) in [5.74, 6) is 0. The molecule has 2 nitrogen and oxygen atoms in total. The van der Waals surface area contributed by atoms with Crippen molar-refractivity contribution in [3.05, 3.63) is 28.3 Å². The number of aromatic nitrogens is 2. The maximum Gasteiger partial charge on any atom is 0.222 e. The van der Waals surface area contributed by atoms with Gasteiger partial charge in [-0.3, -0.25) is 0 Å². The van der Waals surface area contributed by atoms with Crippen LogP contribution >= 0.6 is 23.2 Å². The second kappa shape index (κ2) is 7.66. The van der Waals surface area contributed by atoms with Crippen LogP contribution in [0.4, 0.5) is 0 Å². The smallest absolute Gasteiger partial charge is 0.222 e. The van der Waals surface area contributed by atoms with E-state index >= 15 is 0 Å². The maximum absolute atomic E-state index is 5.92. The van der Waals surface area contributed by atoms with Gasteiger partial charge in [0.2, 0.25) is 5.28 Å². The van der Waals surface area contributed by atoms with Gasteiger partial charge in [-0.1, -0.05) is 38.4 Å². The average molecular weight is 247 g/mol. The van der Waals surface area contributed by atoms with E-state index in [9.17, 15) is 0 Å². The van der Waals surface area contributed by atoms with Crippen LogP contribution in [0.1, 0.15) is 39.8 Å². The summed E-state index contributed by atoms with van der Waals surface area (Å²) in [6.45, 7) is 7.99. The third kappa shape index (κ3) is 4.18. The lowest BCUT2D eigenvalue weighted by Crippen LogP contribution is -1.92. The first-order valence-electron chi connectivity index (χ1n) is 5.02. The molecule has 1 aromatic rings. The third-order valence-corrected chi connectivity index (χ3v) is 2.21. The molecular weight excluding hydrogens is 231 g/mol. The van der Waals surface area contributed by atoms with Gasteiger partial charge in [-0.05, 0) is 30.5 Å². The number of hydrogen-bond donors (Lipinski definition) is 0. The molecule has 0 aliphatic carbocycles. The lowest BCUT2D eigenvalue weighted by molar-refractivity contribution is 1.11. The summed E-state index contributed by atoms with van der Waals surface area (Å²) in [4.78, 5) is 7.85. The Morgan fingerprint density at radius 3 is 2.47 bits per heavy atom. The molecule has 0 spiro atoms. The van der Waals surface area contributed by atoms with E-state index in [2.05, 4.69) is 9.97 Å². The Balaban J connectivity index is 0.000000921. The molecule has 0 unspecified atom stereocenters. The molecule has 0 aliphatic heterocycles. The monoisotopic (exact) mass is 246 g/mol. The first-order valence-corrected chi connectivity index (χ1v) is 5.78. The van der Waals surface area contributed by atoms with Crippen molar-refractivity contribution in [3.8, 4) is 0 Å². The third-order valence-electron chi connectivity index (χ3n) is 1.75. The standard InChI is InChI=1S/C9H10Cl2N2.C2H6/c1-3-6(4-2)8-7(10)5-12-9(11)13-8;1-2/h3,5H,4H2,1-2H3;1-2H3/b6-3+;. The summed E-state index contributed by atoms with van der Waals surface area (Å²) in [5, 5.41) is 0.770. The van der Waals surface area contributed by atoms with Gasteiger partial charge in [-0.2, -0.15) is 0 Å². The van der Waals surface area contributed by atoms with Crippen molar-refractivity contribution in [1.82, 2.24) is 9.97 Å². The Labute approximate surface area is 101 Å². The predicted molar refractivity (Wildman–Crippen MR) is 67.3 cm³/mol. The molecule has 4 heteroatoms. The zero-order chi connectivity index (χ0) is 11.8. The molecular formula is C11H16Cl2N2. The van der Waals surface area contributed by atoms with Crippen LogP contribution in [0.25, 0.3) is 5.57 Å². The molecule has 15 heavy (non-hydrogen) atoms. The number of rotatable bonds is 2. The van der Waals surface area contributed by atoms with Gasteiger partial charge in [-0.25, -0.2) is 9.97 Å². The molecule has 84 valence electrons. The predicted octanol–water partition coefficient (Wildman–Crippen LogP) is 4.62. The highest BCUT2D eigenvalue weighted by molar-refractivity contribution is 6.32. The van der Waals surface area contributed by atoms with Crippen LogP contribution < -0.4 is 0 Å². The molecule has 0 aromatic carbocycles. The first kappa shape index (κ1) is 14.4. The van der Waals surface area contributed by atoms with Gasteiger partial charge >= 0.3 is 0 Å². The first-order chi connectivity index (χ1) is 7.19. The van der Waals surface area contributed by atoms with Gasteiger partial charge in [-0.15, -0.1) is 0 Å². The summed E-state index contributed by atoms with van der Waals surface area (Å²) < 4.78 is 0. The normalized spacial score (nSPS) is 10.7. The Morgan fingerprint density at radius 1 is 1.40 bits per heavy atom. The van der Waals surface area contributed by atoms with Crippen LogP contribution in [-0.4, -0.2) is 9.97 Å². The van der Waals surface area contributed by atoms with Crippen LogP contribution in [-0.2, 0) is 0 Å². The van der Waals surface area contributed by atoms with Gasteiger partial charge in [0.1, 0.15) is 0 Å². The number of halogens is 2. The molecule has 1 aromatic heterocycles. The molecule has 0 bridgehead atoms. The summed E-state index contributed by atoms with van der Waals surface area (Å²) in [6.07, 6.45) is 4.37. The second-order valence-corrected chi connectivity index (χ2v) is 3.25. The van der Waals surface area contributed by atoms with Crippen molar-refractivity contribution in [2.45, 2.75) is 34.1 Å². The van der Waals surface area contributed by atoms with Crippen molar-refractivity contribution >= 4 is 28.8 Å². The fourth-order valence-electron chi connectivity index (χ4n) is 1.08. The minimum absolute atomic E-state index is 0.229. The van der Waals surface area contributed by atoms with E-state index in [1.165, 1.54) is 6.20 Å². The molecule has 0 amide bonds. The van der Waals surface area contributed by atoms with Gasteiger partial charge in [0, 0.05) is 0 Å². The lowest BCUT2D eigenvalue weighted by atomic mass is 10.1. The number of allylic oxidation sites excluding steroid dienone is 2. The van der Waals surface area contributed by atoms with Crippen molar-refractivity contribution < 1.29 is 0 Å². The Bertz CT molecular complexity index is 335. The van der Waals surface area contributed by atoms with E-state index in [4.69, 9.17) is 23.2 Å². The van der Waals surface area contributed by atoms with Crippen LogP contribution in [0.15, 0.2) is 12.3 Å². The molecule has 0 fully saturated rings. The Kier molecular flexibility index (Phi) is 7.35. The average Bonchev–Trinajstić information content (AvgIpc) is 2.28. The van der Waals surface area contributed by atoms with Crippen molar-refractivity contribution in [2.24, 2.45) is 0 Å². The highest BCUT2D eigenvalue weighted by atomic mass is 35.5. The van der Waals surface area contributed by atoms with Crippen LogP contribution in [0.2, 0.25) is 10.3 Å². The Hall–Kier alpha value is -0.600. The molecule has 0 saturated heterocycles. The minimum Gasteiger partial charge on any atom is -0.225 e. The minimum atomic E-state index is 0.229. The summed E-state index contributed by atoms with van der Waals surface area (Å²) in [5.41, 5.74) is 1.81. The highest BCUT2D eigenvalue weighted by Crippen LogP contribution is 2.24. The molecule has 0 aliphatic rings. The number of hydrogen-bond acceptors (Lipinski definition) is 2. The Morgan fingerprint density at radius 2 is 2.00 bits per heavy atom. The van der Waals surface area contributed by atoms with Crippen LogP contribution in [0.5, 0.6) is 0 Å². The molecule has 0 saturated carbocycles. The second-order valence-electron chi connectivity index (χ2n) is 2.50. The quantitative estimate of drug-likeness (QED) is 0.712. The number of nitrogens with zero attached hydrogens (tertiary/aromatic N) is 2.